The van der Waals surface area contributed by atoms with Crippen LogP contribution in [-0.4, -0.2) is 5.91 Å². The summed E-state index contributed by atoms with van der Waals surface area (Å²) in [4.78, 5) is 12.2. The van der Waals surface area contributed by atoms with E-state index < -0.39 is 0 Å². The first-order valence-electron chi connectivity index (χ1n) is 6.17. The highest BCUT2D eigenvalue weighted by Crippen LogP contribution is 2.29. The maximum absolute atomic E-state index is 11.2. The summed E-state index contributed by atoms with van der Waals surface area (Å²) in [6.45, 7) is 1.50. The van der Waals surface area contributed by atoms with E-state index in [0.29, 0.717) is 5.56 Å². The fourth-order valence-corrected chi connectivity index (χ4v) is 2.69. The molecule has 20 heavy (non-hydrogen) atoms. The number of nitrogens with one attached hydrogen (secondary N) is 1. The summed E-state index contributed by atoms with van der Waals surface area (Å²) in [5.74, 6) is 0.721. The molecule has 0 unspecified atom stereocenters. The second-order valence-electron chi connectivity index (χ2n) is 4.27. The molecule has 0 saturated carbocycles. The number of thioether (sulfide) groups is 1. The van der Waals surface area contributed by atoms with Crippen LogP contribution in [0.1, 0.15) is 18.1 Å². The van der Waals surface area contributed by atoms with E-state index in [9.17, 15) is 4.79 Å². The van der Waals surface area contributed by atoms with Gasteiger partial charge in [-0.1, -0.05) is 24.3 Å². The minimum absolute atomic E-state index is 0.0728. The van der Waals surface area contributed by atoms with Crippen molar-refractivity contribution in [3.05, 3.63) is 59.7 Å². The van der Waals surface area contributed by atoms with Gasteiger partial charge in [-0.15, -0.1) is 11.8 Å². The SMILES string of the molecule is CC(=O)Nc1ccccc1SCc1ccc(C#N)cc1. The number of carbonyl (C=O) groups excluding carboxylic acids is 1. The van der Waals surface area contributed by atoms with Crippen molar-refractivity contribution in [2.75, 3.05) is 5.32 Å². The van der Waals surface area contributed by atoms with E-state index in [4.69, 9.17) is 5.26 Å². The monoisotopic (exact) mass is 282 g/mol. The van der Waals surface area contributed by atoms with Crippen molar-refractivity contribution in [2.24, 2.45) is 0 Å². The van der Waals surface area contributed by atoms with Gasteiger partial charge in [-0.25, -0.2) is 0 Å². The van der Waals surface area contributed by atoms with Crippen molar-refractivity contribution in [1.29, 1.82) is 5.26 Å². The summed E-state index contributed by atoms with van der Waals surface area (Å²) >= 11 is 1.66. The van der Waals surface area contributed by atoms with E-state index in [1.54, 1.807) is 11.8 Å². The highest BCUT2D eigenvalue weighted by atomic mass is 32.2. The van der Waals surface area contributed by atoms with E-state index in [2.05, 4.69) is 11.4 Å². The predicted octanol–water partition coefficient (Wildman–Crippen LogP) is 3.81. The Morgan fingerprint density at radius 2 is 1.90 bits per heavy atom. The molecule has 2 rings (SSSR count). The highest BCUT2D eigenvalue weighted by Gasteiger charge is 2.04. The minimum atomic E-state index is -0.0728. The van der Waals surface area contributed by atoms with E-state index in [-0.39, 0.29) is 5.91 Å². The molecule has 2 aromatic carbocycles. The molecule has 100 valence electrons. The average molecular weight is 282 g/mol. The molecular weight excluding hydrogens is 268 g/mol. The summed E-state index contributed by atoms with van der Waals surface area (Å²) in [6.07, 6.45) is 0. The predicted molar refractivity (Wildman–Crippen MR) is 81.5 cm³/mol. The fourth-order valence-electron chi connectivity index (χ4n) is 1.72. The summed E-state index contributed by atoms with van der Waals surface area (Å²) in [5.41, 5.74) is 2.64. The molecule has 0 aliphatic carbocycles. The minimum Gasteiger partial charge on any atom is -0.325 e. The number of nitriles is 1. The summed E-state index contributed by atoms with van der Waals surface area (Å²) < 4.78 is 0. The number of amides is 1. The first-order chi connectivity index (χ1) is 9.69. The van der Waals surface area contributed by atoms with Crippen LogP contribution in [-0.2, 0) is 10.5 Å². The number of para-hydroxylation sites is 1. The van der Waals surface area contributed by atoms with Crippen molar-refractivity contribution in [2.45, 2.75) is 17.6 Å². The van der Waals surface area contributed by atoms with Gasteiger partial charge in [-0.2, -0.15) is 5.26 Å². The number of rotatable bonds is 4. The summed E-state index contributed by atoms with van der Waals surface area (Å²) in [6, 6.07) is 17.4. The molecule has 1 N–H and O–H groups in total. The van der Waals surface area contributed by atoms with Gasteiger partial charge in [0.1, 0.15) is 0 Å². The zero-order valence-corrected chi connectivity index (χ0v) is 11.9. The summed E-state index contributed by atoms with van der Waals surface area (Å²) in [5, 5.41) is 11.6. The Bertz CT molecular complexity index is 644. The third-order valence-corrected chi connectivity index (χ3v) is 3.82. The smallest absolute Gasteiger partial charge is 0.221 e. The van der Waals surface area contributed by atoms with Crippen LogP contribution in [0.3, 0.4) is 0 Å². The summed E-state index contributed by atoms with van der Waals surface area (Å²) in [7, 11) is 0. The van der Waals surface area contributed by atoms with Gasteiger partial charge < -0.3 is 5.32 Å². The first kappa shape index (κ1) is 14.2. The topological polar surface area (TPSA) is 52.9 Å². The van der Waals surface area contributed by atoms with Gasteiger partial charge >= 0.3 is 0 Å². The van der Waals surface area contributed by atoms with Crippen LogP contribution < -0.4 is 5.32 Å². The Morgan fingerprint density at radius 3 is 2.55 bits per heavy atom. The Balaban J connectivity index is 2.06. The molecule has 0 aromatic heterocycles. The molecule has 0 aliphatic heterocycles. The number of hydrogen-bond acceptors (Lipinski definition) is 3. The zero-order chi connectivity index (χ0) is 14.4. The molecular formula is C16H14N2OS. The van der Waals surface area contributed by atoms with Crippen molar-refractivity contribution in [1.82, 2.24) is 0 Å². The lowest BCUT2D eigenvalue weighted by atomic mass is 10.2. The lowest BCUT2D eigenvalue weighted by Gasteiger charge is -2.09. The second-order valence-corrected chi connectivity index (χ2v) is 5.29. The third kappa shape index (κ3) is 3.87. The lowest BCUT2D eigenvalue weighted by molar-refractivity contribution is -0.114. The van der Waals surface area contributed by atoms with Crippen LogP contribution in [0.25, 0.3) is 0 Å². The molecule has 0 fully saturated rings. The van der Waals surface area contributed by atoms with Gasteiger partial charge in [0, 0.05) is 17.6 Å². The number of carbonyl (C=O) groups is 1. The molecule has 2 aromatic rings. The molecule has 0 atom stereocenters. The quantitative estimate of drug-likeness (QED) is 0.868. The normalized spacial score (nSPS) is 9.80. The van der Waals surface area contributed by atoms with Gasteiger partial charge in [0.15, 0.2) is 0 Å². The molecule has 0 bridgehead atoms. The molecule has 0 aliphatic rings. The molecule has 0 heterocycles. The third-order valence-electron chi connectivity index (χ3n) is 2.68. The van der Waals surface area contributed by atoms with Gasteiger partial charge in [0.25, 0.3) is 0 Å². The van der Waals surface area contributed by atoms with Crippen LogP contribution >= 0.6 is 11.8 Å². The van der Waals surface area contributed by atoms with Gasteiger partial charge in [0.05, 0.1) is 17.3 Å². The molecule has 4 heteroatoms. The zero-order valence-electron chi connectivity index (χ0n) is 11.1. The molecule has 0 radical (unpaired) electrons. The van der Waals surface area contributed by atoms with Crippen molar-refractivity contribution < 1.29 is 4.79 Å². The van der Waals surface area contributed by atoms with E-state index in [1.165, 1.54) is 6.92 Å². The number of nitrogens with zero attached hydrogens (tertiary/aromatic N) is 1. The van der Waals surface area contributed by atoms with Gasteiger partial charge in [-0.3, -0.25) is 4.79 Å². The fraction of sp³-hybridized carbons (Fsp3) is 0.125. The Morgan fingerprint density at radius 1 is 1.20 bits per heavy atom. The van der Waals surface area contributed by atoms with Crippen molar-refractivity contribution in [3.8, 4) is 6.07 Å². The van der Waals surface area contributed by atoms with E-state index in [1.807, 2.05) is 48.5 Å². The number of anilines is 1. The molecule has 0 saturated heterocycles. The average Bonchev–Trinajstić information content (AvgIpc) is 2.46. The molecule has 3 nitrogen and oxygen atoms in total. The van der Waals surface area contributed by atoms with Gasteiger partial charge in [0.2, 0.25) is 5.91 Å². The largest absolute Gasteiger partial charge is 0.325 e. The van der Waals surface area contributed by atoms with E-state index >= 15 is 0 Å². The van der Waals surface area contributed by atoms with Crippen LogP contribution in [0.4, 0.5) is 5.69 Å². The first-order valence-corrected chi connectivity index (χ1v) is 7.16. The van der Waals surface area contributed by atoms with Crippen LogP contribution in [0.2, 0.25) is 0 Å². The highest BCUT2D eigenvalue weighted by molar-refractivity contribution is 7.98. The number of benzene rings is 2. The maximum Gasteiger partial charge on any atom is 0.221 e. The van der Waals surface area contributed by atoms with Gasteiger partial charge in [-0.05, 0) is 29.8 Å². The van der Waals surface area contributed by atoms with Crippen LogP contribution in [0.15, 0.2) is 53.4 Å². The van der Waals surface area contributed by atoms with Crippen molar-refractivity contribution in [3.63, 3.8) is 0 Å². The lowest BCUT2D eigenvalue weighted by Crippen LogP contribution is -2.06. The maximum atomic E-state index is 11.2. The van der Waals surface area contributed by atoms with Crippen LogP contribution in [0.5, 0.6) is 0 Å². The number of hydrogen-bond donors (Lipinski definition) is 1. The Hall–Kier alpha value is -2.25. The Labute approximate surface area is 122 Å². The standard InChI is InChI=1S/C16H14N2OS/c1-12(19)18-15-4-2-3-5-16(15)20-11-14-8-6-13(10-17)7-9-14/h2-9H,11H2,1H3,(H,18,19). The van der Waals surface area contributed by atoms with Crippen molar-refractivity contribution >= 4 is 23.4 Å². The molecule has 0 spiro atoms. The molecule has 1 amide bonds. The Kier molecular flexibility index (Phi) is 4.80. The second kappa shape index (κ2) is 6.78. The van der Waals surface area contributed by atoms with Crippen LogP contribution in [0, 0.1) is 11.3 Å². The van der Waals surface area contributed by atoms with E-state index in [0.717, 1.165) is 21.9 Å².